The third-order valence-corrected chi connectivity index (χ3v) is 26.8. The first-order chi connectivity index (χ1) is 54.8. The van der Waals surface area contributed by atoms with Gasteiger partial charge in [0.1, 0.15) is 0 Å². The highest BCUT2D eigenvalue weighted by atomic mass is 19.5. The quantitative estimate of drug-likeness (QED) is 0.0375. The molecule has 0 aromatic heterocycles. The van der Waals surface area contributed by atoms with E-state index in [2.05, 4.69) is 40.4 Å². The summed E-state index contributed by atoms with van der Waals surface area (Å²) in [5.41, 5.74) is -23.3. The van der Waals surface area contributed by atoms with Gasteiger partial charge in [0.2, 0.25) is 11.2 Å². The molecule has 0 aromatic carbocycles. The molecular weight excluding hydrogens is 1770 g/mol. The Morgan fingerprint density at radius 3 is 1.20 bits per heavy atom. The first kappa shape index (κ1) is 107. The molecule has 4 bridgehead atoms. The van der Waals surface area contributed by atoms with E-state index in [-0.39, 0.29) is 56.7 Å². The second-order valence-corrected chi connectivity index (χ2v) is 34.6. The molecule has 718 valence electrons. The third kappa shape index (κ3) is 17.3. The molecule has 0 N–H and O–H groups in total. The van der Waals surface area contributed by atoms with Gasteiger partial charge in [-0.05, 0) is 181 Å². The Labute approximate surface area is 676 Å². The molecule has 8 aliphatic rings. The van der Waals surface area contributed by atoms with Crippen molar-refractivity contribution in [1.29, 1.82) is 0 Å². The molecule has 16 atom stereocenters. The van der Waals surface area contributed by atoms with E-state index in [0.717, 1.165) is 13.7 Å². The summed E-state index contributed by atoms with van der Waals surface area (Å²) in [5.74, 6) is -111. The van der Waals surface area contributed by atoms with Crippen molar-refractivity contribution < 1.29 is 209 Å². The summed E-state index contributed by atoms with van der Waals surface area (Å²) < 4.78 is 616. The van der Waals surface area contributed by atoms with E-state index < -0.39 is 286 Å². The normalized spacial score (nSPS) is 30.3. The SMILES string of the molecule is C=CC1CC2CCC1(C(OC1CCCCO1)(C(F)(F)C(F)(F)C(F)(F)C(F)(F)F)C(F)(F)C(F)(F)C(F)(F)C(F)(F)F)C2.C=CC1CCCCC1(C)COC(C)OC.CCC(C)(CC(C)(C)C1CC2CC1C(C(OC1CCCCO1)(C(F)(F)C(F)(F)C(F)(F)C(F)(F)F)C(F)(F)C(F)(F)C(F)(F)C(F)(F)F)C2)C1CCCCC1(OC(C)OC)C(F)(F)F. The van der Waals surface area contributed by atoms with Crippen LogP contribution < -0.4 is 0 Å². The molecule has 0 amide bonds. The average molecular weight is 1870 g/mol. The van der Waals surface area contributed by atoms with Crippen molar-refractivity contribution in [2.24, 2.45) is 69.0 Å². The van der Waals surface area contributed by atoms with Gasteiger partial charge < -0.3 is 37.9 Å². The lowest BCUT2D eigenvalue weighted by molar-refractivity contribution is -0.497. The van der Waals surface area contributed by atoms with Crippen molar-refractivity contribution in [2.45, 2.75) is 340 Å². The Hall–Kier alpha value is -3.57. The number of allylic oxidation sites excluding steroid dienone is 2. The lowest BCUT2D eigenvalue weighted by atomic mass is 9.52. The lowest BCUT2D eigenvalue weighted by Gasteiger charge is -2.59. The van der Waals surface area contributed by atoms with Crippen LogP contribution in [0.1, 0.15) is 196 Å². The first-order valence-electron chi connectivity index (χ1n) is 38.8. The monoisotopic (exact) mass is 1870 g/mol. The summed E-state index contributed by atoms with van der Waals surface area (Å²) in [5, 5.41) is 0. The molecule has 2 heterocycles. The van der Waals surface area contributed by atoms with E-state index in [1.807, 2.05) is 6.92 Å². The molecule has 0 radical (unpaired) electrons. The Bertz CT molecular complexity index is 3350. The molecule has 2 aliphatic heterocycles. The summed E-state index contributed by atoms with van der Waals surface area (Å²) in [7, 11) is 2.73. The van der Waals surface area contributed by atoms with Crippen LogP contribution in [-0.4, -0.2) is 178 Å². The first-order valence-corrected chi connectivity index (χ1v) is 38.8. The highest BCUT2D eigenvalue weighted by molar-refractivity contribution is 5.32. The van der Waals surface area contributed by atoms with Gasteiger partial charge in [-0.15, -0.1) is 13.2 Å². The Morgan fingerprint density at radius 2 is 0.820 bits per heavy atom. The highest BCUT2D eigenvalue weighted by Crippen LogP contribution is 2.78. The van der Waals surface area contributed by atoms with Crippen molar-refractivity contribution in [1.82, 2.24) is 0 Å². The van der Waals surface area contributed by atoms with Crippen LogP contribution in [0.2, 0.25) is 0 Å². The van der Waals surface area contributed by atoms with Crippen LogP contribution in [0.15, 0.2) is 25.3 Å². The van der Waals surface area contributed by atoms with Crippen LogP contribution in [-0.2, 0) is 37.9 Å². The maximum Gasteiger partial charge on any atom is 0.460 e. The fourth-order valence-corrected chi connectivity index (χ4v) is 20.3. The maximum atomic E-state index is 16.9. The minimum atomic E-state index is -8.37. The second-order valence-electron chi connectivity index (χ2n) is 34.6. The van der Waals surface area contributed by atoms with Crippen molar-refractivity contribution >= 4 is 0 Å². The van der Waals surface area contributed by atoms with Gasteiger partial charge in [-0.1, -0.05) is 78.9 Å². The number of rotatable bonds is 32. The fourth-order valence-electron chi connectivity index (χ4n) is 20.3. The summed E-state index contributed by atoms with van der Waals surface area (Å²) >= 11 is 0. The molecule has 6 saturated carbocycles. The van der Waals surface area contributed by atoms with Crippen LogP contribution in [0, 0.1) is 69.0 Å². The number of hydrogen-bond donors (Lipinski definition) is 0. The number of fused-ring (bicyclic) bond motifs is 4. The maximum absolute atomic E-state index is 16.9. The molecule has 8 fully saturated rings. The van der Waals surface area contributed by atoms with Crippen LogP contribution in [0.5, 0.6) is 0 Å². The van der Waals surface area contributed by atoms with E-state index in [9.17, 15) is 87.8 Å². The van der Waals surface area contributed by atoms with Crippen molar-refractivity contribution in [2.75, 3.05) is 34.0 Å². The number of alkyl halides is 39. The van der Waals surface area contributed by atoms with E-state index in [0.29, 0.717) is 12.0 Å². The molecule has 8 rings (SSSR count). The third-order valence-electron chi connectivity index (χ3n) is 26.8. The van der Waals surface area contributed by atoms with Gasteiger partial charge in [-0.3, -0.25) is 0 Å². The summed E-state index contributed by atoms with van der Waals surface area (Å²) in [6.45, 7) is 16.8. The minimum absolute atomic E-state index is 0.00502. The molecule has 0 aromatic rings. The van der Waals surface area contributed by atoms with Gasteiger partial charge in [-0.2, -0.15) is 171 Å². The standard InChI is InChI=1S/C39H51F21O4.C23H22F18O2.C13H24O2/c1-7-28(5,25-12-8-10-14-29(25,37(52,53)54)63-20(2)61-6)19-27(3,4)23-17-21-16-22(23)24(18-21)30(64-26-13-9-11-15-62-26,31(40,41)33(44,45)35(48,49)38(55,56)57)32(42,43)34(46,47)36(50,51)39(58,59)60;1-2-12-9-11-6-7-14(12,10-11)15(43-13-5-3-4-8-42-13,16(24,25)18(28,29)20(32,33)22(36,37)38)17(26,27)19(30,31)21(34,35)23(39,40)41;1-5-12-8-6-7-9-13(12,3)10-15-11(2)14-4/h20-26H,7-19H2,1-6H3;2,11-13H,1,3-10H2;5,11-12H,1,6-10H2,2-4H3. The van der Waals surface area contributed by atoms with E-state index >= 15 is 83.4 Å². The van der Waals surface area contributed by atoms with Gasteiger partial charge >= 0.3 is 102 Å². The molecule has 47 heteroatoms. The van der Waals surface area contributed by atoms with Gasteiger partial charge in [0.15, 0.2) is 30.8 Å². The molecule has 0 spiro atoms. The van der Waals surface area contributed by atoms with Crippen LogP contribution in [0.25, 0.3) is 0 Å². The Kier molecular flexibility index (Phi) is 31.0. The smallest absolute Gasteiger partial charge is 0.356 e. The van der Waals surface area contributed by atoms with Gasteiger partial charge in [0, 0.05) is 44.7 Å². The molecular formula is C75H97F39O8. The summed E-state index contributed by atoms with van der Waals surface area (Å²) in [4.78, 5) is 0. The zero-order valence-electron chi connectivity index (χ0n) is 66.9. The fraction of sp³-hybridized carbons (Fsp3) is 0.947. The predicted octanol–water partition coefficient (Wildman–Crippen LogP) is 26.8. The lowest BCUT2D eigenvalue weighted by Crippen LogP contribution is -2.84. The van der Waals surface area contributed by atoms with Gasteiger partial charge in [0.05, 0.1) is 6.61 Å². The second kappa shape index (κ2) is 35.3. The predicted molar refractivity (Wildman–Crippen MR) is 352 cm³/mol. The van der Waals surface area contributed by atoms with E-state index in [1.54, 1.807) is 7.11 Å². The number of hydrogen-bond acceptors (Lipinski definition) is 8. The van der Waals surface area contributed by atoms with Gasteiger partial charge in [-0.25, -0.2) is 0 Å². The largest absolute Gasteiger partial charge is 0.460 e. The zero-order chi connectivity index (χ0) is 94.4. The Balaban J connectivity index is 0.000000338. The molecule has 16 unspecified atom stereocenters. The van der Waals surface area contributed by atoms with Crippen LogP contribution in [0.3, 0.4) is 0 Å². The van der Waals surface area contributed by atoms with E-state index in [1.165, 1.54) is 60.3 Å². The summed E-state index contributed by atoms with van der Waals surface area (Å²) in [6, 6.07) is 0. The highest BCUT2D eigenvalue weighted by Gasteiger charge is 3.01. The van der Waals surface area contributed by atoms with Crippen LogP contribution >= 0.6 is 0 Å². The number of methoxy groups -OCH3 is 2. The zero-order valence-corrected chi connectivity index (χ0v) is 66.9. The van der Waals surface area contributed by atoms with Gasteiger partial charge in [0.25, 0.3) is 0 Å². The minimum Gasteiger partial charge on any atom is -0.356 e. The molecule has 6 aliphatic carbocycles. The number of halogens is 39. The van der Waals surface area contributed by atoms with Crippen molar-refractivity contribution in [3.8, 4) is 0 Å². The van der Waals surface area contributed by atoms with Crippen molar-refractivity contribution in [3.63, 3.8) is 0 Å². The topological polar surface area (TPSA) is 73.8 Å². The van der Waals surface area contributed by atoms with Crippen LogP contribution in [0.4, 0.5) is 171 Å². The molecule has 2 saturated heterocycles. The number of ether oxygens (including phenoxy) is 8. The van der Waals surface area contributed by atoms with E-state index in [4.69, 9.17) is 23.7 Å². The Morgan fingerprint density at radius 1 is 0.418 bits per heavy atom. The average Bonchev–Trinajstić information content (AvgIpc) is 1.32. The van der Waals surface area contributed by atoms with Crippen molar-refractivity contribution in [3.05, 3.63) is 25.3 Å². The molecule has 8 nitrogen and oxygen atoms in total. The molecule has 122 heavy (non-hydrogen) atoms. The summed E-state index contributed by atoms with van der Waals surface area (Å²) in [6.07, 6.45) is -47.5.